The maximum Gasteiger partial charge on any atom is 0.407 e. The molecule has 17 heavy (non-hydrogen) atoms. The highest BCUT2D eigenvalue weighted by molar-refractivity contribution is 9.11. The number of nitrogens with one attached hydrogen (secondary N) is 2. The lowest BCUT2D eigenvalue weighted by molar-refractivity contribution is -0.137. The van der Waals surface area contributed by atoms with Gasteiger partial charge < -0.3 is 11.1 Å². The highest BCUT2D eigenvalue weighted by atomic mass is 79.9. The Morgan fingerprint density at radius 3 is 2.88 bits per heavy atom. The second-order valence-electron chi connectivity index (χ2n) is 3.83. The lowest BCUT2D eigenvalue weighted by Gasteiger charge is -2.25. The van der Waals surface area contributed by atoms with Gasteiger partial charge >= 0.3 is 6.18 Å². The van der Waals surface area contributed by atoms with Gasteiger partial charge in [0.1, 0.15) is 12.2 Å². The van der Waals surface area contributed by atoms with Crippen LogP contribution in [0.4, 0.5) is 13.2 Å². The molecule has 7 heteroatoms. The van der Waals surface area contributed by atoms with E-state index in [9.17, 15) is 13.2 Å². The zero-order valence-corrected chi connectivity index (χ0v) is 10.9. The second-order valence-corrected chi connectivity index (χ2v) is 4.74. The van der Waals surface area contributed by atoms with Crippen molar-refractivity contribution in [2.75, 3.05) is 6.54 Å². The van der Waals surface area contributed by atoms with Crippen LogP contribution in [0.1, 0.15) is 13.3 Å². The van der Waals surface area contributed by atoms with E-state index in [1.807, 2.05) is 6.08 Å². The summed E-state index contributed by atoms with van der Waals surface area (Å²) in [6.45, 7) is 2.34. The Kier molecular flexibility index (Phi) is 5.03. The molecule has 0 saturated carbocycles. The molecule has 0 aromatic rings. The van der Waals surface area contributed by atoms with Gasteiger partial charge in [-0.25, -0.2) is 0 Å². The van der Waals surface area contributed by atoms with Crippen LogP contribution in [0.3, 0.4) is 0 Å². The van der Waals surface area contributed by atoms with Crippen LogP contribution in [0, 0.1) is 0 Å². The van der Waals surface area contributed by atoms with Crippen LogP contribution in [0.15, 0.2) is 22.3 Å². The highest BCUT2D eigenvalue weighted by Crippen LogP contribution is 2.20. The van der Waals surface area contributed by atoms with Gasteiger partial charge in [-0.2, -0.15) is 13.2 Å². The van der Waals surface area contributed by atoms with Crippen molar-refractivity contribution in [3.63, 3.8) is 0 Å². The molecule has 1 rings (SSSR count). The Balaban J connectivity index is 2.59. The first-order valence-electron chi connectivity index (χ1n) is 5.17. The van der Waals surface area contributed by atoms with E-state index in [-0.39, 0.29) is 6.17 Å². The van der Waals surface area contributed by atoms with Crippen molar-refractivity contribution >= 4 is 15.9 Å². The third kappa shape index (κ3) is 4.69. The van der Waals surface area contributed by atoms with E-state index in [0.717, 1.165) is 23.5 Å². The van der Waals surface area contributed by atoms with Gasteiger partial charge in [0.05, 0.1) is 0 Å². The molecule has 1 heterocycles. The van der Waals surface area contributed by atoms with Crippen molar-refractivity contribution in [2.24, 2.45) is 5.73 Å². The maximum atomic E-state index is 12.2. The van der Waals surface area contributed by atoms with Crippen LogP contribution in [0.2, 0.25) is 0 Å². The van der Waals surface area contributed by atoms with E-state index in [1.165, 1.54) is 0 Å². The van der Waals surface area contributed by atoms with Crippen molar-refractivity contribution in [1.29, 1.82) is 0 Å². The molecule has 2 unspecified atom stereocenters. The van der Waals surface area contributed by atoms with E-state index in [2.05, 4.69) is 26.6 Å². The lowest BCUT2D eigenvalue weighted by atomic mass is 10.2. The van der Waals surface area contributed by atoms with Crippen LogP contribution < -0.4 is 16.4 Å². The minimum absolute atomic E-state index is 0.194. The van der Waals surface area contributed by atoms with Crippen LogP contribution in [0.25, 0.3) is 0 Å². The van der Waals surface area contributed by atoms with Gasteiger partial charge in [-0.1, -0.05) is 22.0 Å². The van der Waals surface area contributed by atoms with Gasteiger partial charge in [0, 0.05) is 16.7 Å². The quantitative estimate of drug-likeness (QED) is 0.746. The summed E-state index contributed by atoms with van der Waals surface area (Å²) >= 11 is 3.34. The number of rotatable bonds is 3. The monoisotopic (exact) mass is 313 g/mol. The fraction of sp³-hybridized carbons (Fsp3) is 0.600. The molecule has 98 valence electrons. The molecule has 2 atom stereocenters. The van der Waals surface area contributed by atoms with Crippen LogP contribution >= 0.6 is 15.9 Å². The van der Waals surface area contributed by atoms with E-state index in [4.69, 9.17) is 5.73 Å². The van der Waals surface area contributed by atoms with Crippen molar-refractivity contribution in [1.82, 2.24) is 10.6 Å². The summed E-state index contributed by atoms with van der Waals surface area (Å²) in [7, 11) is 0. The molecular formula is C10H15BrF3N3. The van der Waals surface area contributed by atoms with Gasteiger partial charge in [-0.05, 0) is 19.4 Å². The zero-order chi connectivity index (χ0) is 13.1. The number of hydrogen-bond donors (Lipinski definition) is 3. The SMILES string of the molecule is C/C(=C/C(N)C(F)(F)F)NC1NCCC=C1Br. The molecular weight excluding hydrogens is 299 g/mol. The Bertz CT molecular complexity index is 325. The van der Waals surface area contributed by atoms with Crippen LogP contribution in [-0.4, -0.2) is 24.9 Å². The zero-order valence-electron chi connectivity index (χ0n) is 9.31. The van der Waals surface area contributed by atoms with E-state index in [1.54, 1.807) is 6.92 Å². The number of hydrogen-bond acceptors (Lipinski definition) is 3. The summed E-state index contributed by atoms with van der Waals surface area (Å²) < 4.78 is 37.6. The third-order valence-electron chi connectivity index (χ3n) is 2.29. The molecule has 0 bridgehead atoms. The molecule has 1 aliphatic heterocycles. The largest absolute Gasteiger partial charge is 0.407 e. The van der Waals surface area contributed by atoms with Crippen LogP contribution in [-0.2, 0) is 0 Å². The first-order valence-corrected chi connectivity index (χ1v) is 5.96. The third-order valence-corrected chi connectivity index (χ3v) is 3.07. The summed E-state index contributed by atoms with van der Waals surface area (Å²) in [5.41, 5.74) is 5.39. The molecule has 0 aliphatic carbocycles. The molecule has 0 spiro atoms. The molecule has 0 radical (unpaired) electrons. The minimum atomic E-state index is -4.41. The summed E-state index contributed by atoms with van der Waals surface area (Å²) in [5.74, 6) is 0. The van der Waals surface area contributed by atoms with E-state index < -0.39 is 12.2 Å². The summed E-state index contributed by atoms with van der Waals surface area (Å²) in [6, 6.07) is -1.94. The van der Waals surface area contributed by atoms with Crippen molar-refractivity contribution < 1.29 is 13.2 Å². The average Bonchev–Trinajstić information content (AvgIpc) is 2.20. The number of allylic oxidation sites excluding steroid dienone is 1. The second kappa shape index (κ2) is 5.88. The van der Waals surface area contributed by atoms with E-state index in [0.29, 0.717) is 5.70 Å². The molecule has 3 nitrogen and oxygen atoms in total. The first-order chi connectivity index (χ1) is 7.80. The van der Waals surface area contributed by atoms with Gasteiger partial charge in [-0.15, -0.1) is 0 Å². The molecule has 1 aliphatic rings. The Morgan fingerprint density at radius 2 is 2.35 bits per heavy atom. The normalized spacial score (nSPS) is 24.2. The Labute approximate surface area is 106 Å². The minimum Gasteiger partial charge on any atom is -0.369 e. The van der Waals surface area contributed by atoms with Gasteiger partial charge in [0.15, 0.2) is 0 Å². The Hall–Kier alpha value is -0.530. The van der Waals surface area contributed by atoms with Crippen LogP contribution in [0.5, 0.6) is 0 Å². The molecule has 0 amide bonds. The molecule has 4 N–H and O–H groups in total. The fourth-order valence-corrected chi connectivity index (χ4v) is 1.92. The summed E-state index contributed by atoms with van der Waals surface area (Å²) in [5, 5.41) is 6.05. The number of alkyl halides is 3. The molecule has 0 aromatic heterocycles. The number of nitrogens with two attached hydrogens (primary N) is 1. The Morgan fingerprint density at radius 1 is 1.71 bits per heavy atom. The lowest BCUT2D eigenvalue weighted by Crippen LogP contribution is -2.45. The van der Waals surface area contributed by atoms with Gasteiger partial charge in [-0.3, -0.25) is 5.32 Å². The molecule has 0 saturated heterocycles. The summed E-state index contributed by atoms with van der Waals surface area (Å²) in [6.07, 6.45) is -0.762. The van der Waals surface area contributed by atoms with Crippen molar-refractivity contribution in [2.45, 2.75) is 31.7 Å². The smallest absolute Gasteiger partial charge is 0.369 e. The fourth-order valence-electron chi connectivity index (χ4n) is 1.41. The maximum absolute atomic E-state index is 12.2. The van der Waals surface area contributed by atoms with Gasteiger partial charge in [0.2, 0.25) is 0 Å². The van der Waals surface area contributed by atoms with Crippen molar-refractivity contribution in [3.05, 3.63) is 22.3 Å². The number of halogens is 4. The molecule has 0 fully saturated rings. The average molecular weight is 314 g/mol. The van der Waals surface area contributed by atoms with Gasteiger partial charge in [0.25, 0.3) is 0 Å². The topological polar surface area (TPSA) is 50.1 Å². The van der Waals surface area contributed by atoms with Crippen molar-refractivity contribution in [3.8, 4) is 0 Å². The highest BCUT2D eigenvalue weighted by Gasteiger charge is 2.35. The summed E-state index contributed by atoms with van der Waals surface area (Å²) in [4.78, 5) is 0. The predicted molar refractivity (Wildman–Crippen MR) is 64.3 cm³/mol. The predicted octanol–water partition coefficient (Wildman–Crippen LogP) is 1.97. The standard InChI is InChI=1S/C10H15BrF3N3/c1-6(5-8(15)10(12,13)14)17-9-7(11)3-2-4-16-9/h3,5,8-9,16-17H,2,4,15H2,1H3/b6-5-. The van der Waals surface area contributed by atoms with E-state index >= 15 is 0 Å². The molecule has 0 aromatic carbocycles. The first kappa shape index (κ1) is 14.5.